The summed E-state index contributed by atoms with van der Waals surface area (Å²) in [5, 5.41) is 0. The van der Waals surface area contributed by atoms with E-state index >= 15 is 0 Å². The van der Waals surface area contributed by atoms with Gasteiger partial charge in [-0.25, -0.2) is 0 Å². The lowest BCUT2D eigenvalue weighted by Crippen LogP contribution is -2.37. The second-order valence-electron chi connectivity index (χ2n) is 5.52. The summed E-state index contributed by atoms with van der Waals surface area (Å²) in [4.78, 5) is 0. The maximum atomic E-state index is 11.2. The predicted molar refractivity (Wildman–Crippen MR) is 77.8 cm³/mol. The Morgan fingerprint density at radius 3 is 2.10 bits per heavy atom. The molecule has 7 nitrogen and oxygen atoms in total. The minimum atomic E-state index is -3.55. The van der Waals surface area contributed by atoms with Crippen LogP contribution in [0.5, 0.6) is 0 Å². The van der Waals surface area contributed by atoms with Crippen LogP contribution < -0.4 is 0 Å². The van der Waals surface area contributed by atoms with E-state index < -0.39 is 20.2 Å². The predicted octanol–water partition coefficient (Wildman–Crippen LogP) is 0.760. The average molecular weight is 344 g/mol. The van der Waals surface area contributed by atoms with E-state index in [9.17, 15) is 16.8 Å². The molecule has 0 amide bonds. The Morgan fingerprint density at radius 2 is 1.62 bits per heavy atom. The molecule has 0 aliphatic carbocycles. The Labute approximate surface area is 127 Å². The highest BCUT2D eigenvalue weighted by atomic mass is 32.2. The van der Waals surface area contributed by atoms with Gasteiger partial charge in [0.15, 0.2) is 0 Å². The molecule has 0 bridgehead atoms. The molecule has 1 fully saturated rings. The van der Waals surface area contributed by atoms with Gasteiger partial charge in [-0.15, -0.1) is 0 Å². The molecule has 0 aromatic heterocycles. The Balaban J connectivity index is 2.69. The van der Waals surface area contributed by atoms with Gasteiger partial charge in [0.1, 0.15) is 0 Å². The van der Waals surface area contributed by atoms with Crippen LogP contribution in [-0.2, 0) is 33.3 Å². The molecule has 0 aromatic carbocycles. The van der Waals surface area contributed by atoms with Crippen molar-refractivity contribution in [3.63, 3.8) is 0 Å². The Bertz CT molecular complexity index is 506. The molecule has 1 aliphatic heterocycles. The van der Waals surface area contributed by atoms with E-state index in [0.717, 1.165) is 31.8 Å². The van der Waals surface area contributed by atoms with Gasteiger partial charge in [0, 0.05) is 12.5 Å². The third-order valence-electron chi connectivity index (χ3n) is 3.44. The lowest BCUT2D eigenvalue weighted by molar-refractivity contribution is -0.0524. The molecule has 1 unspecified atom stereocenters. The first-order chi connectivity index (χ1) is 9.58. The van der Waals surface area contributed by atoms with Gasteiger partial charge < -0.3 is 4.74 Å². The van der Waals surface area contributed by atoms with Crippen LogP contribution in [0.15, 0.2) is 0 Å². The van der Waals surface area contributed by atoms with Crippen molar-refractivity contribution in [2.24, 2.45) is 11.8 Å². The van der Waals surface area contributed by atoms with Crippen LogP contribution in [0.1, 0.15) is 26.2 Å². The summed E-state index contributed by atoms with van der Waals surface area (Å²) < 4.78 is 59.8. The van der Waals surface area contributed by atoms with Crippen LogP contribution in [0.25, 0.3) is 0 Å². The Kier molecular flexibility index (Phi) is 7.05. The number of ether oxygens (including phenoxy) is 1. The third-order valence-corrected chi connectivity index (χ3v) is 4.57. The summed E-state index contributed by atoms with van der Waals surface area (Å²) in [7, 11) is -7.08. The van der Waals surface area contributed by atoms with E-state index in [4.69, 9.17) is 13.1 Å². The first-order valence-corrected chi connectivity index (χ1v) is 10.5. The van der Waals surface area contributed by atoms with Gasteiger partial charge in [-0.05, 0) is 25.2 Å². The summed E-state index contributed by atoms with van der Waals surface area (Å²) in [5.41, 5.74) is 0. The maximum Gasteiger partial charge on any atom is 0.264 e. The Morgan fingerprint density at radius 1 is 1.05 bits per heavy atom. The zero-order valence-corrected chi connectivity index (χ0v) is 14.3. The van der Waals surface area contributed by atoms with Crippen LogP contribution in [0.3, 0.4) is 0 Å². The van der Waals surface area contributed by atoms with Gasteiger partial charge in [0.25, 0.3) is 20.2 Å². The molecule has 1 saturated heterocycles. The fourth-order valence-electron chi connectivity index (χ4n) is 2.30. The molecular formula is C12H24O7S2. The minimum Gasteiger partial charge on any atom is -0.378 e. The van der Waals surface area contributed by atoms with E-state index in [1.165, 1.54) is 0 Å². The van der Waals surface area contributed by atoms with Crippen molar-refractivity contribution < 1.29 is 29.9 Å². The molecule has 0 aromatic rings. The van der Waals surface area contributed by atoms with Crippen molar-refractivity contribution >= 4 is 20.2 Å². The highest BCUT2D eigenvalue weighted by Gasteiger charge is 2.31. The quantitative estimate of drug-likeness (QED) is 0.600. The minimum absolute atomic E-state index is 0.0174. The van der Waals surface area contributed by atoms with Crippen LogP contribution >= 0.6 is 0 Å². The topological polar surface area (TPSA) is 96.0 Å². The second kappa shape index (κ2) is 7.87. The van der Waals surface area contributed by atoms with Crippen molar-refractivity contribution in [1.29, 1.82) is 0 Å². The zero-order valence-electron chi connectivity index (χ0n) is 12.6. The molecule has 1 aliphatic rings. The van der Waals surface area contributed by atoms with Gasteiger partial charge in [-0.2, -0.15) is 16.8 Å². The van der Waals surface area contributed by atoms with Crippen molar-refractivity contribution in [2.45, 2.75) is 32.3 Å². The normalized spacial score (nSPS) is 23.7. The van der Waals surface area contributed by atoms with Crippen molar-refractivity contribution in [2.75, 3.05) is 32.3 Å². The fraction of sp³-hybridized carbons (Fsp3) is 1.00. The second-order valence-corrected chi connectivity index (χ2v) is 8.81. The van der Waals surface area contributed by atoms with Crippen LogP contribution in [0, 0.1) is 11.8 Å². The lowest BCUT2D eigenvalue weighted by atomic mass is 9.86. The van der Waals surface area contributed by atoms with E-state index in [2.05, 4.69) is 0 Å². The SMILES string of the molecule is C[C@@H](COS(C)(=O)=O)[C@@H](COS(C)(=O)=O)C1CCCCO1. The highest BCUT2D eigenvalue weighted by molar-refractivity contribution is 7.86. The molecule has 3 atom stereocenters. The standard InChI is InChI=1S/C12H24O7S2/c1-10(8-18-20(2,13)14)11(9-19-21(3,15)16)12-6-4-5-7-17-12/h10-12H,4-9H2,1-3H3/t10-,11+,12?/m0/s1. The molecule has 9 heteroatoms. The van der Waals surface area contributed by atoms with Crippen molar-refractivity contribution in [3.05, 3.63) is 0 Å². The molecule has 0 N–H and O–H groups in total. The smallest absolute Gasteiger partial charge is 0.264 e. The van der Waals surface area contributed by atoms with Crippen LogP contribution in [0.4, 0.5) is 0 Å². The van der Waals surface area contributed by atoms with Gasteiger partial charge in [0.05, 0.1) is 31.8 Å². The molecule has 0 saturated carbocycles. The van der Waals surface area contributed by atoms with E-state index in [1.807, 2.05) is 0 Å². The lowest BCUT2D eigenvalue weighted by Gasteiger charge is -2.33. The first-order valence-electron chi connectivity index (χ1n) is 6.89. The van der Waals surface area contributed by atoms with Gasteiger partial charge >= 0.3 is 0 Å². The third kappa shape index (κ3) is 8.10. The molecule has 21 heavy (non-hydrogen) atoms. The van der Waals surface area contributed by atoms with E-state index in [-0.39, 0.29) is 31.2 Å². The molecule has 0 radical (unpaired) electrons. The largest absolute Gasteiger partial charge is 0.378 e. The monoisotopic (exact) mass is 344 g/mol. The maximum absolute atomic E-state index is 11.2. The molecule has 126 valence electrons. The first kappa shape index (κ1) is 18.8. The van der Waals surface area contributed by atoms with Crippen molar-refractivity contribution in [1.82, 2.24) is 0 Å². The van der Waals surface area contributed by atoms with Gasteiger partial charge in [0.2, 0.25) is 0 Å². The van der Waals surface area contributed by atoms with Gasteiger partial charge in [-0.1, -0.05) is 6.92 Å². The summed E-state index contributed by atoms with van der Waals surface area (Å²) in [6.07, 6.45) is 4.62. The van der Waals surface area contributed by atoms with Crippen LogP contribution in [0.2, 0.25) is 0 Å². The van der Waals surface area contributed by atoms with Crippen molar-refractivity contribution in [3.8, 4) is 0 Å². The fourth-order valence-corrected chi connectivity index (χ4v) is 3.16. The molecule has 0 spiro atoms. The van der Waals surface area contributed by atoms with E-state index in [0.29, 0.717) is 6.61 Å². The summed E-state index contributed by atoms with van der Waals surface area (Å²) in [6.45, 7) is 2.38. The highest BCUT2D eigenvalue weighted by Crippen LogP contribution is 2.27. The molecule has 1 rings (SSSR count). The number of hydrogen-bond donors (Lipinski definition) is 0. The summed E-state index contributed by atoms with van der Waals surface area (Å²) >= 11 is 0. The van der Waals surface area contributed by atoms with E-state index in [1.54, 1.807) is 6.92 Å². The molecule has 1 heterocycles. The number of hydrogen-bond acceptors (Lipinski definition) is 7. The van der Waals surface area contributed by atoms with Crippen LogP contribution in [-0.4, -0.2) is 55.3 Å². The molecular weight excluding hydrogens is 320 g/mol. The van der Waals surface area contributed by atoms with Gasteiger partial charge in [-0.3, -0.25) is 8.37 Å². The average Bonchev–Trinajstić information content (AvgIpc) is 2.35. The summed E-state index contributed by atoms with van der Waals surface area (Å²) in [6, 6.07) is 0. The number of rotatable bonds is 8. The Hall–Kier alpha value is -0.220. The summed E-state index contributed by atoms with van der Waals surface area (Å²) in [5.74, 6) is -0.439. The zero-order chi connectivity index (χ0) is 16.1.